The number of aromatic nitrogens is 4. The maximum absolute atomic E-state index is 13.0. The van der Waals surface area contributed by atoms with Crippen molar-refractivity contribution in [2.45, 2.75) is 19.0 Å². The summed E-state index contributed by atoms with van der Waals surface area (Å²) in [6, 6.07) is 7.83. The lowest BCUT2D eigenvalue weighted by atomic mass is 10.0. The number of carbonyl (C=O) groups is 2. The second-order valence-corrected chi connectivity index (χ2v) is 5.82. The predicted molar refractivity (Wildman–Crippen MR) is 87.2 cm³/mol. The van der Waals surface area contributed by atoms with Crippen molar-refractivity contribution >= 4 is 11.9 Å². The molecule has 8 nitrogen and oxygen atoms in total. The zero-order valence-corrected chi connectivity index (χ0v) is 13.2. The summed E-state index contributed by atoms with van der Waals surface area (Å²) in [6.45, 7) is 0.192. The summed E-state index contributed by atoms with van der Waals surface area (Å²) in [4.78, 5) is 33.1. The maximum atomic E-state index is 13.0. The molecule has 25 heavy (non-hydrogen) atoms. The smallest absolute Gasteiger partial charge is 0.326 e. The first-order valence-corrected chi connectivity index (χ1v) is 7.78. The van der Waals surface area contributed by atoms with Crippen LogP contribution in [0.3, 0.4) is 0 Å². The van der Waals surface area contributed by atoms with Crippen LogP contribution < -0.4 is 0 Å². The lowest BCUT2D eigenvalue weighted by molar-refractivity contribution is -0.142. The monoisotopic (exact) mass is 337 g/mol. The fourth-order valence-corrected chi connectivity index (χ4v) is 3.04. The van der Waals surface area contributed by atoms with Crippen molar-refractivity contribution in [3.8, 4) is 5.69 Å². The number of aromatic amines is 1. The van der Waals surface area contributed by atoms with Gasteiger partial charge in [0.15, 0.2) is 0 Å². The highest BCUT2D eigenvalue weighted by Crippen LogP contribution is 2.23. The molecule has 126 valence electrons. The molecule has 0 spiro atoms. The summed E-state index contributed by atoms with van der Waals surface area (Å²) in [6.07, 6.45) is 5.15. The van der Waals surface area contributed by atoms with Crippen LogP contribution in [0.25, 0.3) is 5.69 Å². The quantitative estimate of drug-likeness (QED) is 0.748. The molecule has 0 fully saturated rings. The molecule has 4 rings (SSSR count). The summed E-state index contributed by atoms with van der Waals surface area (Å²) < 4.78 is 1.65. The van der Waals surface area contributed by atoms with Gasteiger partial charge in [-0.25, -0.2) is 14.5 Å². The zero-order chi connectivity index (χ0) is 17.4. The van der Waals surface area contributed by atoms with E-state index in [0.717, 1.165) is 11.4 Å². The minimum atomic E-state index is -1.04. The minimum absolute atomic E-state index is 0.192. The van der Waals surface area contributed by atoms with Crippen molar-refractivity contribution in [3.05, 3.63) is 66.0 Å². The number of benzene rings is 1. The fraction of sp³-hybridized carbons (Fsp3) is 0.176. The number of imidazole rings is 1. The van der Waals surface area contributed by atoms with Crippen LogP contribution in [0.15, 0.2) is 49.1 Å². The summed E-state index contributed by atoms with van der Waals surface area (Å²) >= 11 is 0. The molecular weight excluding hydrogens is 322 g/mol. The highest BCUT2D eigenvalue weighted by atomic mass is 16.4. The Labute approximate surface area is 142 Å². The van der Waals surface area contributed by atoms with E-state index in [1.54, 1.807) is 41.3 Å². The molecule has 0 radical (unpaired) electrons. The van der Waals surface area contributed by atoms with Gasteiger partial charge in [-0.1, -0.05) is 6.07 Å². The van der Waals surface area contributed by atoms with Crippen molar-refractivity contribution in [2.75, 3.05) is 0 Å². The number of rotatable bonds is 3. The van der Waals surface area contributed by atoms with Crippen molar-refractivity contribution < 1.29 is 14.7 Å². The largest absolute Gasteiger partial charge is 0.480 e. The van der Waals surface area contributed by atoms with Crippen molar-refractivity contribution in [3.63, 3.8) is 0 Å². The Morgan fingerprint density at radius 3 is 2.92 bits per heavy atom. The minimum Gasteiger partial charge on any atom is -0.480 e. The van der Waals surface area contributed by atoms with Gasteiger partial charge in [-0.05, 0) is 24.3 Å². The van der Waals surface area contributed by atoms with E-state index in [0.29, 0.717) is 11.3 Å². The van der Waals surface area contributed by atoms with Crippen molar-refractivity contribution in [2.24, 2.45) is 0 Å². The van der Waals surface area contributed by atoms with Crippen LogP contribution in [0.1, 0.15) is 21.7 Å². The summed E-state index contributed by atoms with van der Waals surface area (Å²) in [5.41, 5.74) is 2.63. The third kappa shape index (κ3) is 2.67. The van der Waals surface area contributed by atoms with E-state index in [9.17, 15) is 14.7 Å². The number of aliphatic carboxylic acids is 1. The summed E-state index contributed by atoms with van der Waals surface area (Å²) in [5, 5.41) is 13.7. The van der Waals surface area contributed by atoms with Gasteiger partial charge in [0, 0.05) is 24.4 Å². The predicted octanol–water partition coefficient (Wildman–Crippen LogP) is 1.25. The van der Waals surface area contributed by atoms with E-state index in [1.165, 1.54) is 11.2 Å². The molecule has 1 aromatic carbocycles. The molecule has 0 saturated heterocycles. The average molecular weight is 337 g/mol. The normalized spacial score (nSPS) is 16.5. The topological polar surface area (TPSA) is 104 Å². The van der Waals surface area contributed by atoms with E-state index in [4.69, 9.17) is 0 Å². The van der Waals surface area contributed by atoms with Crippen LogP contribution >= 0.6 is 0 Å². The number of H-pyrrole nitrogens is 1. The molecule has 1 amide bonds. The first kappa shape index (κ1) is 15.1. The van der Waals surface area contributed by atoms with Crippen LogP contribution in [0.2, 0.25) is 0 Å². The van der Waals surface area contributed by atoms with E-state index < -0.39 is 12.0 Å². The standard InChI is InChI=1S/C17H15N5O3/c23-16(11-3-1-4-12(7-11)22-6-2-5-20-22)21-9-14-13(18-10-19-14)8-15(21)17(24)25/h1-7,10,15H,8-9H2,(H,18,19)(H,24,25). The number of fused-ring (bicyclic) bond motifs is 1. The Morgan fingerprint density at radius 2 is 2.16 bits per heavy atom. The Hall–Kier alpha value is -3.42. The van der Waals surface area contributed by atoms with Gasteiger partial charge in [0.25, 0.3) is 5.91 Å². The van der Waals surface area contributed by atoms with E-state index in [1.807, 2.05) is 6.07 Å². The van der Waals surface area contributed by atoms with E-state index in [2.05, 4.69) is 15.1 Å². The molecule has 0 bridgehead atoms. The first-order chi connectivity index (χ1) is 12.1. The van der Waals surface area contributed by atoms with Crippen LogP contribution in [0.4, 0.5) is 0 Å². The molecule has 0 saturated carbocycles. The Balaban J connectivity index is 1.68. The van der Waals surface area contributed by atoms with Gasteiger partial charge in [-0.3, -0.25) is 4.79 Å². The number of nitrogens with one attached hydrogen (secondary N) is 1. The third-order valence-corrected chi connectivity index (χ3v) is 4.31. The van der Waals surface area contributed by atoms with Gasteiger partial charge < -0.3 is 15.0 Å². The second-order valence-electron chi connectivity index (χ2n) is 5.82. The van der Waals surface area contributed by atoms with Crippen molar-refractivity contribution in [1.82, 2.24) is 24.6 Å². The zero-order valence-electron chi connectivity index (χ0n) is 13.2. The molecule has 1 unspecified atom stereocenters. The fourth-order valence-electron chi connectivity index (χ4n) is 3.04. The Kier molecular flexibility index (Phi) is 3.57. The molecule has 2 aromatic heterocycles. The molecule has 2 N–H and O–H groups in total. The van der Waals surface area contributed by atoms with E-state index >= 15 is 0 Å². The van der Waals surface area contributed by atoms with Gasteiger partial charge in [0.1, 0.15) is 6.04 Å². The number of hydrogen-bond acceptors (Lipinski definition) is 4. The first-order valence-electron chi connectivity index (χ1n) is 7.78. The number of amides is 1. The average Bonchev–Trinajstić information content (AvgIpc) is 3.31. The molecule has 1 atom stereocenters. The van der Waals surface area contributed by atoms with Gasteiger partial charge in [-0.2, -0.15) is 5.10 Å². The van der Waals surface area contributed by atoms with Gasteiger partial charge in [0.05, 0.1) is 29.9 Å². The molecule has 1 aliphatic rings. The van der Waals surface area contributed by atoms with Gasteiger partial charge >= 0.3 is 5.97 Å². The number of carbonyl (C=O) groups excluding carboxylic acids is 1. The summed E-state index contributed by atoms with van der Waals surface area (Å²) in [7, 11) is 0. The molecular formula is C17H15N5O3. The highest BCUT2D eigenvalue weighted by molar-refractivity contribution is 5.97. The number of carboxylic acids is 1. The lowest BCUT2D eigenvalue weighted by Gasteiger charge is -2.32. The number of carboxylic acid groups (broad SMARTS) is 1. The lowest BCUT2D eigenvalue weighted by Crippen LogP contribution is -2.48. The van der Waals surface area contributed by atoms with Gasteiger partial charge in [0.2, 0.25) is 0 Å². The van der Waals surface area contributed by atoms with Crippen LogP contribution in [-0.2, 0) is 17.8 Å². The van der Waals surface area contributed by atoms with Crippen LogP contribution in [-0.4, -0.2) is 47.7 Å². The molecule has 0 aliphatic carbocycles. The summed E-state index contributed by atoms with van der Waals surface area (Å²) in [5.74, 6) is -1.37. The Bertz CT molecular complexity index is 931. The molecule has 3 heterocycles. The number of nitrogens with zero attached hydrogens (tertiary/aromatic N) is 4. The van der Waals surface area contributed by atoms with Crippen LogP contribution in [0, 0.1) is 0 Å². The van der Waals surface area contributed by atoms with Gasteiger partial charge in [-0.15, -0.1) is 0 Å². The third-order valence-electron chi connectivity index (χ3n) is 4.31. The SMILES string of the molecule is O=C(O)C1Cc2nc[nH]c2CN1C(=O)c1cccc(-n2cccn2)c1. The second kappa shape index (κ2) is 5.90. The van der Waals surface area contributed by atoms with E-state index in [-0.39, 0.29) is 18.9 Å². The number of hydrogen-bond donors (Lipinski definition) is 2. The van der Waals surface area contributed by atoms with Crippen molar-refractivity contribution in [1.29, 1.82) is 0 Å². The highest BCUT2D eigenvalue weighted by Gasteiger charge is 2.36. The molecule has 3 aromatic rings. The van der Waals surface area contributed by atoms with Crippen LogP contribution in [0.5, 0.6) is 0 Å². The Morgan fingerprint density at radius 1 is 1.28 bits per heavy atom. The maximum Gasteiger partial charge on any atom is 0.326 e. The molecule has 8 heteroatoms. The molecule has 1 aliphatic heterocycles.